The van der Waals surface area contributed by atoms with Crippen LogP contribution in [0.2, 0.25) is 0 Å². The van der Waals surface area contributed by atoms with Crippen molar-refractivity contribution < 1.29 is 19.4 Å². The molecule has 5 nitrogen and oxygen atoms in total. The number of phenolic OH excluding ortho intramolecular Hbond substituents is 1. The van der Waals surface area contributed by atoms with Gasteiger partial charge in [0.1, 0.15) is 0 Å². The van der Waals surface area contributed by atoms with Crippen molar-refractivity contribution in [2.45, 2.75) is 6.92 Å². The molecular weight excluding hydrogens is 186 g/mol. The first-order valence-corrected chi connectivity index (χ1v) is 3.82. The van der Waals surface area contributed by atoms with E-state index in [9.17, 15) is 14.7 Å². The van der Waals surface area contributed by atoms with Crippen LogP contribution in [0.1, 0.15) is 17.3 Å². The van der Waals surface area contributed by atoms with Gasteiger partial charge >= 0.3 is 5.97 Å². The number of rotatable bonds is 2. The monoisotopic (exact) mass is 195 g/mol. The highest BCUT2D eigenvalue weighted by Gasteiger charge is 2.08. The first-order chi connectivity index (χ1) is 6.50. The zero-order valence-electron chi connectivity index (χ0n) is 7.48. The lowest BCUT2D eigenvalue weighted by atomic mass is 10.2. The van der Waals surface area contributed by atoms with E-state index < -0.39 is 11.9 Å². The quantitative estimate of drug-likeness (QED) is 0.528. The molecule has 74 valence electrons. The zero-order valence-corrected chi connectivity index (χ0v) is 7.48. The Balaban J connectivity index is 3.08. The van der Waals surface area contributed by atoms with E-state index in [4.69, 9.17) is 5.73 Å². The molecule has 3 N–H and O–H groups in total. The van der Waals surface area contributed by atoms with Gasteiger partial charge in [-0.05, 0) is 18.2 Å². The van der Waals surface area contributed by atoms with E-state index in [1.54, 1.807) is 0 Å². The van der Waals surface area contributed by atoms with Crippen molar-refractivity contribution in [3.05, 3.63) is 23.8 Å². The molecular formula is C9H9NO4. The molecule has 14 heavy (non-hydrogen) atoms. The van der Waals surface area contributed by atoms with E-state index in [1.807, 2.05) is 0 Å². The Morgan fingerprint density at radius 2 is 2.07 bits per heavy atom. The minimum atomic E-state index is -0.654. The van der Waals surface area contributed by atoms with Gasteiger partial charge in [0.05, 0.1) is 0 Å². The van der Waals surface area contributed by atoms with Gasteiger partial charge in [-0.3, -0.25) is 9.59 Å². The number of amides is 1. The molecule has 0 fully saturated rings. The highest BCUT2D eigenvalue weighted by Crippen LogP contribution is 2.26. The van der Waals surface area contributed by atoms with Crippen LogP contribution < -0.4 is 10.5 Å². The summed E-state index contributed by atoms with van der Waals surface area (Å²) in [7, 11) is 0. The number of primary amides is 1. The Morgan fingerprint density at radius 1 is 1.43 bits per heavy atom. The average Bonchev–Trinajstić information content (AvgIpc) is 2.07. The lowest BCUT2D eigenvalue weighted by Gasteiger charge is -2.04. The van der Waals surface area contributed by atoms with Crippen LogP contribution in [0.5, 0.6) is 11.5 Å². The molecule has 1 rings (SSSR count). The molecule has 0 aliphatic heterocycles. The maximum Gasteiger partial charge on any atom is 0.308 e. The number of nitrogens with two attached hydrogens (primary N) is 1. The standard InChI is InChI=1S/C9H9NO4/c1-5(11)14-8-4-6(9(10)13)2-3-7(8)12/h2-4,12H,1H3,(H2,10,13). The van der Waals surface area contributed by atoms with Crippen LogP contribution in [-0.2, 0) is 4.79 Å². The van der Waals surface area contributed by atoms with Gasteiger partial charge in [-0.15, -0.1) is 0 Å². The minimum Gasteiger partial charge on any atom is -0.504 e. The molecule has 0 aliphatic rings. The molecule has 0 atom stereocenters. The summed E-state index contributed by atoms with van der Waals surface area (Å²) < 4.78 is 4.64. The van der Waals surface area contributed by atoms with E-state index in [2.05, 4.69) is 4.74 Å². The van der Waals surface area contributed by atoms with Gasteiger partial charge in [-0.1, -0.05) is 0 Å². The number of carbonyl (C=O) groups is 2. The van der Waals surface area contributed by atoms with Crippen molar-refractivity contribution in [2.75, 3.05) is 0 Å². The number of esters is 1. The fraction of sp³-hybridized carbons (Fsp3) is 0.111. The predicted molar refractivity (Wildman–Crippen MR) is 47.9 cm³/mol. The number of hydrogen-bond acceptors (Lipinski definition) is 4. The van der Waals surface area contributed by atoms with Gasteiger partial charge in [0, 0.05) is 12.5 Å². The number of ether oxygens (including phenoxy) is 1. The summed E-state index contributed by atoms with van der Waals surface area (Å²) in [5.74, 6) is -1.53. The lowest BCUT2D eigenvalue weighted by Crippen LogP contribution is -2.11. The van der Waals surface area contributed by atoms with Gasteiger partial charge in [0.2, 0.25) is 5.91 Å². The van der Waals surface area contributed by atoms with E-state index >= 15 is 0 Å². The van der Waals surface area contributed by atoms with Crippen LogP contribution in [0.3, 0.4) is 0 Å². The normalized spacial score (nSPS) is 9.50. The lowest BCUT2D eigenvalue weighted by molar-refractivity contribution is -0.132. The highest BCUT2D eigenvalue weighted by atomic mass is 16.5. The summed E-state index contributed by atoms with van der Waals surface area (Å²) in [4.78, 5) is 21.3. The van der Waals surface area contributed by atoms with Gasteiger partial charge in [0.25, 0.3) is 0 Å². The van der Waals surface area contributed by atoms with Crippen LogP contribution in [-0.4, -0.2) is 17.0 Å². The summed E-state index contributed by atoms with van der Waals surface area (Å²) in [6.07, 6.45) is 0. The second-order valence-electron chi connectivity index (χ2n) is 2.64. The van der Waals surface area contributed by atoms with Crippen LogP contribution in [0.15, 0.2) is 18.2 Å². The Bertz CT molecular complexity index is 386. The fourth-order valence-electron chi connectivity index (χ4n) is 0.904. The van der Waals surface area contributed by atoms with E-state index in [-0.39, 0.29) is 17.1 Å². The second kappa shape index (κ2) is 3.78. The first kappa shape index (κ1) is 10.0. The molecule has 5 heteroatoms. The molecule has 1 aromatic carbocycles. The third-order valence-electron chi connectivity index (χ3n) is 1.50. The van der Waals surface area contributed by atoms with Crippen LogP contribution >= 0.6 is 0 Å². The van der Waals surface area contributed by atoms with Gasteiger partial charge in [0.15, 0.2) is 11.5 Å². The molecule has 1 aromatic rings. The number of benzene rings is 1. The third-order valence-corrected chi connectivity index (χ3v) is 1.50. The van der Waals surface area contributed by atoms with E-state index in [0.29, 0.717) is 0 Å². The Morgan fingerprint density at radius 3 is 2.57 bits per heavy atom. The van der Waals surface area contributed by atoms with E-state index in [1.165, 1.54) is 25.1 Å². The Hall–Kier alpha value is -2.04. The Kier molecular flexibility index (Phi) is 2.71. The van der Waals surface area contributed by atoms with Crippen LogP contribution in [0.25, 0.3) is 0 Å². The maximum atomic E-state index is 10.8. The number of hydrogen-bond donors (Lipinski definition) is 2. The number of phenols is 1. The molecule has 0 spiro atoms. The summed E-state index contributed by atoms with van der Waals surface area (Å²) in [5, 5.41) is 9.24. The summed E-state index contributed by atoms with van der Waals surface area (Å²) >= 11 is 0. The van der Waals surface area contributed by atoms with Crippen LogP contribution in [0.4, 0.5) is 0 Å². The van der Waals surface area contributed by atoms with Gasteiger partial charge in [-0.2, -0.15) is 0 Å². The summed E-state index contributed by atoms with van der Waals surface area (Å²) in [6, 6.07) is 3.78. The van der Waals surface area contributed by atoms with Crippen LogP contribution in [0, 0.1) is 0 Å². The smallest absolute Gasteiger partial charge is 0.308 e. The predicted octanol–water partition coefficient (Wildman–Crippen LogP) is 0.416. The van der Waals surface area contributed by atoms with Crippen molar-refractivity contribution in [3.8, 4) is 11.5 Å². The second-order valence-corrected chi connectivity index (χ2v) is 2.64. The largest absolute Gasteiger partial charge is 0.504 e. The maximum absolute atomic E-state index is 10.8. The van der Waals surface area contributed by atoms with Gasteiger partial charge < -0.3 is 15.6 Å². The van der Waals surface area contributed by atoms with Crippen molar-refractivity contribution >= 4 is 11.9 Å². The molecule has 1 amide bonds. The Labute approximate surface area is 80.1 Å². The van der Waals surface area contributed by atoms with Crippen molar-refractivity contribution in [1.82, 2.24) is 0 Å². The molecule has 0 unspecified atom stereocenters. The molecule has 0 aliphatic carbocycles. The fourth-order valence-corrected chi connectivity index (χ4v) is 0.904. The third kappa shape index (κ3) is 2.22. The molecule has 0 radical (unpaired) electrons. The average molecular weight is 195 g/mol. The summed E-state index contributed by atoms with van der Waals surface area (Å²) in [5.41, 5.74) is 5.17. The van der Waals surface area contributed by atoms with Crippen molar-refractivity contribution in [1.29, 1.82) is 0 Å². The molecule has 0 aromatic heterocycles. The van der Waals surface area contributed by atoms with Gasteiger partial charge in [-0.25, -0.2) is 0 Å². The number of aromatic hydroxyl groups is 1. The van der Waals surface area contributed by atoms with Crippen molar-refractivity contribution in [2.24, 2.45) is 5.73 Å². The highest BCUT2D eigenvalue weighted by molar-refractivity contribution is 5.93. The molecule has 0 heterocycles. The first-order valence-electron chi connectivity index (χ1n) is 3.82. The molecule has 0 saturated carbocycles. The number of carbonyl (C=O) groups excluding carboxylic acids is 2. The molecule has 0 bridgehead atoms. The SMILES string of the molecule is CC(=O)Oc1cc(C(N)=O)ccc1O. The summed E-state index contributed by atoms with van der Waals surface area (Å²) in [6.45, 7) is 1.19. The topological polar surface area (TPSA) is 89.6 Å². The minimum absolute atomic E-state index is 0.0752. The molecule has 0 saturated heterocycles. The van der Waals surface area contributed by atoms with Crippen molar-refractivity contribution in [3.63, 3.8) is 0 Å². The van der Waals surface area contributed by atoms with E-state index in [0.717, 1.165) is 0 Å². The zero-order chi connectivity index (χ0) is 10.7.